The molecule has 0 saturated heterocycles. The van der Waals surface area contributed by atoms with Crippen LogP contribution in [0, 0.1) is 17.3 Å². The number of hydrogen-bond donors (Lipinski definition) is 2. The molecule has 4 heteroatoms. The van der Waals surface area contributed by atoms with Gasteiger partial charge in [-0.1, -0.05) is 25.5 Å². The monoisotopic (exact) mass is 281 g/mol. The molecule has 4 atom stereocenters. The summed E-state index contributed by atoms with van der Waals surface area (Å²) < 4.78 is 5.54. The number of aldehydes is 1. The van der Waals surface area contributed by atoms with Crippen molar-refractivity contribution in [2.45, 2.75) is 65.5 Å². The smallest absolute Gasteiger partial charge is 0.214 e. The Morgan fingerprint density at radius 3 is 2.70 bits per heavy atom. The van der Waals surface area contributed by atoms with Crippen molar-refractivity contribution in [1.29, 1.82) is 0 Å². The van der Waals surface area contributed by atoms with E-state index in [9.17, 15) is 9.90 Å². The Morgan fingerprint density at radius 2 is 2.20 bits per heavy atom. The Morgan fingerprint density at radius 1 is 1.55 bits per heavy atom. The van der Waals surface area contributed by atoms with Crippen molar-refractivity contribution in [3.8, 4) is 0 Å². The highest BCUT2D eigenvalue weighted by atomic mass is 16.6. The van der Waals surface area contributed by atoms with Crippen LogP contribution in [0.15, 0.2) is 11.6 Å². The summed E-state index contributed by atoms with van der Waals surface area (Å²) in [6.07, 6.45) is 3.73. The minimum atomic E-state index is -1.000. The van der Waals surface area contributed by atoms with Crippen molar-refractivity contribution in [1.82, 2.24) is 5.32 Å². The lowest BCUT2D eigenvalue weighted by molar-refractivity contribution is -0.192. The minimum absolute atomic E-state index is 0.0880. The fourth-order valence-electron chi connectivity index (χ4n) is 3.47. The van der Waals surface area contributed by atoms with Crippen LogP contribution in [0.4, 0.5) is 0 Å². The van der Waals surface area contributed by atoms with Gasteiger partial charge in [-0.3, -0.25) is 5.32 Å². The van der Waals surface area contributed by atoms with Crippen LogP contribution in [0.1, 0.15) is 47.5 Å². The molecule has 114 valence electrons. The number of carbonyl (C=O) groups excluding carboxylic acids is 1. The van der Waals surface area contributed by atoms with Crippen LogP contribution in [-0.2, 0) is 9.53 Å². The van der Waals surface area contributed by atoms with Gasteiger partial charge in [0.15, 0.2) is 0 Å². The molecule has 1 unspecified atom stereocenters. The molecule has 0 spiro atoms. The van der Waals surface area contributed by atoms with Crippen molar-refractivity contribution in [3.63, 3.8) is 0 Å². The Kier molecular flexibility index (Phi) is 4.11. The van der Waals surface area contributed by atoms with Gasteiger partial charge in [-0.25, -0.2) is 0 Å². The molecule has 20 heavy (non-hydrogen) atoms. The van der Waals surface area contributed by atoms with Gasteiger partial charge in [-0.05, 0) is 38.5 Å². The van der Waals surface area contributed by atoms with Crippen molar-refractivity contribution in [3.05, 3.63) is 11.6 Å². The first-order valence-corrected chi connectivity index (χ1v) is 7.42. The lowest BCUT2D eigenvalue weighted by Gasteiger charge is -2.56. The van der Waals surface area contributed by atoms with Crippen molar-refractivity contribution >= 4 is 6.29 Å². The molecular formula is C16H27NO3. The maximum absolute atomic E-state index is 10.9. The molecule has 3 rings (SSSR count). The van der Waals surface area contributed by atoms with Gasteiger partial charge in [-0.15, -0.1) is 0 Å². The topological polar surface area (TPSA) is 58.6 Å². The van der Waals surface area contributed by atoms with E-state index in [4.69, 9.17) is 4.74 Å². The summed E-state index contributed by atoms with van der Waals surface area (Å²) in [6, 6.07) is 0.0880. The van der Waals surface area contributed by atoms with Crippen LogP contribution >= 0.6 is 0 Å². The Bertz CT molecular complexity index is 408. The van der Waals surface area contributed by atoms with Gasteiger partial charge in [0.1, 0.15) is 6.29 Å². The molecule has 2 bridgehead atoms. The highest BCUT2D eigenvalue weighted by Gasteiger charge is 2.52. The highest BCUT2D eigenvalue weighted by Crippen LogP contribution is 2.56. The van der Waals surface area contributed by atoms with E-state index in [1.54, 1.807) is 0 Å². The molecule has 3 aliphatic rings. The number of rotatable bonds is 5. The van der Waals surface area contributed by atoms with E-state index in [0.29, 0.717) is 12.3 Å². The molecule has 0 aliphatic heterocycles. The van der Waals surface area contributed by atoms with E-state index >= 15 is 0 Å². The molecule has 4 nitrogen and oxygen atoms in total. The molecule has 0 heterocycles. The average molecular weight is 281 g/mol. The lowest BCUT2D eigenvalue weighted by atomic mass is 9.51. The first-order valence-electron chi connectivity index (χ1n) is 7.42. The van der Waals surface area contributed by atoms with Crippen LogP contribution in [0.2, 0.25) is 0 Å². The van der Waals surface area contributed by atoms with Crippen molar-refractivity contribution < 1.29 is 14.6 Å². The fourth-order valence-corrected chi connectivity index (χ4v) is 3.47. The summed E-state index contributed by atoms with van der Waals surface area (Å²) in [6.45, 7) is 10.2. The minimum Gasteiger partial charge on any atom is -0.356 e. The summed E-state index contributed by atoms with van der Waals surface area (Å²) in [5.41, 5.74) is 1.20. The van der Waals surface area contributed by atoms with E-state index < -0.39 is 12.0 Å². The molecule has 0 aromatic carbocycles. The zero-order valence-electron chi connectivity index (χ0n) is 13.1. The van der Waals surface area contributed by atoms with Gasteiger partial charge in [0.05, 0.1) is 5.60 Å². The Hall–Kier alpha value is -0.710. The quantitative estimate of drug-likeness (QED) is 0.461. The second-order valence-electron chi connectivity index (χ2n) is 7.58. The highest BCUT2D eigenvalue weighted by molar-refractivity contribution is 5.51. The van der Waals surface area contributed by atoms with Crippen LogP contribution in [-0.4, -0.2) is 29.4 Å². The first kappa shape index (κ1) is 15.7. The van der Waals surface area contributed by atoms with E-state index in [2.05, 4.69) is 25.2 Å². The number of fused-ring (bicyclic) bond motifs is 2. The van der Waals surface area contributed by atoms with E-state index in [1.807, 2.05) is 20.8 Å². The predicted molar refractivity (Wildman–Crippen MR) is 77.9 cm³/mol. The van der Waals surface area contributed by atoms with Crippen LogP contribution in [0.25, 0.3) is 0 Å². The van der Waals surface area contributed by atoms with Gasteiger partial charge in [0, 0.05) is 18.4 Å². The molecule has 0 amide bonds. The Labute approximate surface area is 121 Å². The standard InChI is InChI=1S/C16H27NO3/c1-15(2,3)20-14(19)17-13-10(6-7-18)8-11-9-12(13)16(11,4)5/h7,9-10,12-14,17,19H,6,8H2,1-5H3/t10-,12-,13+,14?/m0/s1. The summed E-state index contributed by atoms with van der Waals surface area (Å²) >= 11 is 0. The number of aliphatic hydroxyl groups is 1. The molecule has 0 radical (unpaired) electrons. The zero-order chi connectivity index (χ0) is 15.1. The third kappa shape index (κ3) is 2.97. The molecule has 0 aromatic rings. The number of carbonyl (C=O) groups is 1. The summed E-state index contributed by atoms with van der Waals surface area (Å²) in [7, 11) is 0. The van der Waals surface area contributed by atoms with E-state index in [0.717, 1.165) is 12.7 Å². The molecular weight excluding hydrogens is 254 g/mol. The van der Waals surface area contributed by atoms with Gasteiger partial charge in [0.2, 0.25) is 6.41 Å². The third-order valence-electron chi connectivity index (χ3n) is 4.62. The summed E-state index contributed by atoms with van der Waals surface area (Å²) in [5, 5.41) is 13.3. The number of hydrogen-bond acceptors (Lipinski definition) is 4. The van der Waals surface area contributed by atoms with Crippen molar-refractivity contribution in [2.24, 2.45) is 17.3 Å². The molecule has 0 aromatic heterocycles. The second kappa shape index (κ2) is 5.24. The second-order valence-corrected chi connectivity index (χ2v) is 7.58. The number of allylic oxidation sites excluding steroid dienone is 1. The van der Waals surface area contributed by atoms with Crippen LogP contribution in [0.5, 0.6) is 0 Å². The zero-order valence-corrected chi connectivity index (χ0v) is 13.1. The van der Waals surface area contributed by atoms with Crippen LogP contribution in [0.3, 0.4) is 0 Å². The third-order valence-corrected chi connectivity index (χ3v) is 4.62. The lowest BCUT2D eigenvalue weighted by Crippen LogP contribution is -2.59. The Balaban J connectivity index is 2.06. The van der Waals surface area contributed by atoms with Gasteiger partial charge in [-0.2, -0.15) is 0 Å². The summed E-state index contributed by atoms with van der Waals surface area (Å²) in [4.78, 5) is 10.9. The average Bonchev–Trinajstić information content (AvgIpc) is 2.28. The van der Waals surface area contributed by atoms with Crippen molar-refractivity contribution in [2.75, 3.05) is 0 Å². The molecule has 1 fully saturated rings. The van der Waals surface area contributed by atoms with E-state index in [1.165, 1.54) is 5.57 Å². The number of aliphatic hydroxyl groups excluding tert-OH is 1. The molecule has 1 saturated carbocycles. The normalized spacial score (nSPS) is 33.1. The van der Waals surface area contributed by atoms with Gasteiger partial charge >= 0.3 is 0 Å². The van der Waals surface area contributed by atoms with Crippen LogP contribution < -0.4 is 5.32 Å². The maximum atomic E-state index is 10.9. The number of ether oxygens (including phenoxy) is 1. The van der Waals surface area contributed by atoms with E-state index in [-0.39, 0.29) is 17.4 Å². The van der Waals surface area contributed by atoms with Gasteiger partial charge < -0.3 is 14.6 Å². The van der Waals surface area contributed by atoms with Gasteiger partial charge in [0.25, 0.3) is 0 Å². The molecule has 3 aliphatic carbocycles. The SMILES string of the molecule is CC(C)(C)OC(O)N[C@@H]1[C@@H](CC=O)CC2=C[C@@H]1C2(C)C. The number of nitrogens with one attached hydrogen (secondary N) is 1. The first-order chi connectivity index (χ1) is 9.15. The largest absolute Gasteiger partial charge is 0.356 e. The summed E-state index contributed by atoms with van der Waals surface area (Å²) in [5.74, 6) is 0.609. The fraction of sp³-hybridized carbons (Fsp3) is 0.812. The molecule has 2 N–H and O–H groups in total. The predicted octanol–water partition coefficient (Wildman–Crippen LogP) is 2.23. The maximum Gasteiger partial charge on any atom is 0.214 e.